The van der Waals surface area contributed by atoms with Crippen molar-refractivity contribution in [3.63, 3.8) is 0 Å². The van der Waals surface area contributed by atoms with E-state index in [2.05, 4.69) is 6.58 Å². The van der Waals surface area contributed by atoms with Gasteiger partial charge in [0.25, 0.3) is 0 Å². The molecule has 2 unspecified atom stereocenters. The predicted octanol–water partition coefficient (Wildman–Crippen LogP) is -0.723. The molecule has 54 valence electrons. The number of rotatable bonds is 3. The van der Waals surface area contributed by atoms with Gasteiger partial charge in [-0.05, 0) is 12.5 Å². The molecule has 0 radical (unpaired) electrons. The van der Waals surface area contributed by atoms with E-state index in [9.17, 15) is 0 Å². The first-order valence-corrected chi connectivity index (χ1v) is 2.72. The van der Waals surface area contributed by atoms with E-state index in [4.69, 9.17) is 15.3 Å². The van der Waals surface area contributed by atoms with Crippen molar-refractivity contribution in [2.75, 3.05) is 6.61 Å². The van der Waals surface area contributed by atoms with E-state index < -0.39 is 18.8 Å². The Labute approximate surface area is 54.3 Å². The van der Waals surface area contributed by atoms with E-state index in [1.54, 1.807) is 6.92 Å². The molecule has 3 heteroatoms. The fourth-order valence-corrected chi connectivity index (χ4v) is 0.428. The van der Waals surface area contributed by atoms with Crippen molar-refractivity contribution in [1.82, 2.24) is 0 Å². The van der Waals surface area contributed by atoms with E-state index in [0.29, 0.717) is 5.57 Å². The van der Waals surface area contributed by atoms with Crippen molar-refractivity contribution in [3.05, 3.63) is 12.2 Å². The number of hydrogen-bond acceptors (Lipinski definition) is 3. The Kier molecular flexibility index (Phi) is 3.46. The van der Waals surface area contributed by atoms with Gasteiger partial charge in [0.1, 0.15) is 12.2 Å². The second-order valence-corrected chi connectivity index (χ2v) is 2.04. The fourth-order valence-electron chi connectivity index (χ4n) is 0.428. The van der Waals surface area contributed by atoms with Crippen LogP contribution in [0.3, 0.4) is 0 Å². The normalized spacial score (nSPS) is 16.9. The molecule has 0 saturated carbocycles. The van der Waals surface area contributed by atoms with Crippen molar-refractivity contribution >= 4 is 0 Å². The van der Waals surface area contributed by atoms with Crippen molar-refractivity contribution in [3.8, 4) is 0 Å². The minimum Gasteiger partial charge on any atom is -0.394 e. The van der Waals surface area contributed by atoms with E-state index in [0.717, 1.165) is 0 Å². The quantitative estimate of drug-likeness (QED) is 0.444. The van der Waals surface area contributed by atoms with E-state index in [1.165, 1.54) is 0 Å². The summed E-state index contributed by atoms with van der Waals surface area (Å²) in [6.45, 7) is 4.55. The van der Waals surface area contributed by atoms with Crippen LogP contribution in [0.15, 0.2) is 12.2 Å². The molecule has 0 saturated heterocycles. The van der Waals surface area contributed by atoms with Crippen LogP contribution < -0.4 is 0 Å². The standard InChI is InChI=1S/C6H12O3/c1-4(2)6(9)5(8)3-7/h5-9H,1,3H2,2H3. The molecule has 0 spiro atoms. The molecule has 3 nitrogen and oxygen atoms in total. The Hall–Kier alpha value is -0.380. The van der Waals surface area contributed by atoms with Crippen molar-refractivity contribution in [2.24, 2.45) is 0 Å². The van der Waals surface area contributed by atoms with Crippen LogP contribution in [-0.4, -0.2) is 34.1 Å². The fraction of sp³-hybridized carbons (Fsp3) is 0.667. The number of hydrogen-bond donors (Lipinski definition) is 3. The van der Waals surface area contributed by atoms with Gasteiger partial charge in [0.05, 0.1) is 6.61 Å². The van der Waals surface area contributed by atoms with E-state index in [1.807, 2.05) is 0 Å². The van der Waals surface area contributed by atoms with Crippen LogP contribution in [0.25, 0.3) is 0 Å². The Morgan fingerprint density at radius 3 is 2.11 bits per heavy atom. The smallest absolute Gasteiger partial charge is 0.107 e. The highest BCUT2D eigenvalue weighted by molar-refractivity contribution is 4.99. The molecular weight excluding hydrogens is 120 g/mol. The molecule has 0 aromatic carbocycles. The first-order valence-electron chi connectivity index (χ1n) is 2.72. The Morgan fingerprint density at radius 2 is 2.00 bits per heavy atom. The lowest BCUT2D eigenvalue weighted by atomic mass is 10.1. The summed E-state index contributed by atoms with van der Waals surface area (Å²) in [4.78, 5) is 0. The summed E-state index contributed by atoms with van der Waals surface area (Å²) in [5.41, 5.74) is 0.455. The molecule has 0 rings (SSSR count). The third-order valence-electron chi connectivity index (χ3n) is 1.06. The van der Waals surface area contributed by atoms with Gasteiger partial charge >= 0.3 is 0 Å². The lowest BCUT2D eigenvalue weighted by Crippen LogP contribution is -2.29. The van der Waals surface area contributed by atoms with Crippen molar-refractivity contribution in [2.45, 2.75) is 19.1 Å². The summed E-state index contributed by atoms with van der Waals surface area (Å²) < 4.78 is 0. The molecule has 3 N–H and O–H groups in total. The largest absolute Gasteiger partial charge is 0.394 e. The van der Waals surface area contributed by atoms with Gasteiger partial charge in [-0.3, -0.25) is 0 Å². The monoisotopic (exact) mass is 132 g/mol. The van der Waals surface area contributed by atoms with Gasteiger partial charge in [0.15, 0.2) is 0 Å². The molecule has 0 aromatic heterocycles. The SMILES string of the molecule is C=C(C)C(O)C(O)CO. The molecule has 0 aliphatic carbocycles. The molecule has 0 amide bonds. The van der Waals surface area contributed by atoms with Crippen LogP contribution in [0.5, 0.6) is 0 Å². The maximum absolute atomic E-state index is 8.89. The number of aliphatic hydroxyl groups excluding tert-OH is 3. The van der Waals surface area contributed by atoms with Gasteiger partial charge < -0.3 is 15.3 Å². The average Bonchev–Trinajstić information content (AvgIpc) is 1.84. The molecule has 0 aliphatic rings. The van der Waals surface area contributed by atoms with Crippen LogP contribution in [0.2, 0.25) is 0 Å². The second kappa shape index (κ2) is 3.61. The molecular formula is C6H12O3. The van der Waals surface area contributed by atoms with E-state index >= 15 is 0 Å². The van der Waals surface area contributed by atoms with E-state index in [-0.39, 0.29) is 0 Å². The van der Waals surface area contributed by atoms with Gasteiger partial charge in [-0.25, -0.2) is 0 Å². The highest BCUT2D eigenvalue weighted by Crippen LogP contribution is 2.01. The first kappa shape index (κ1) is 8.62. The molecule has 0 bridgehead atoms. The summed E-state index contributed by atoms with van der Waals surface area (Å²) in [6, 6.07) is 0. The van der Waals surface area contributed by atoms with Crippen LogP contribution in [-0.2, 0) is 0 Å². The third-order valence-corrected chi connectivity index (χ3v) is 1.06. The summed E-state index contributed by atoms with van der Waals surface area (Å²) in [7, 11) is 0. The summed E-state index contributed by atoms with van der Waals surface area (Å²) in [5.74, 6) is 0. The van der Waals surface area contributed by atoms with Crippen molar-refractivity contribution < 1.29 is 15.3 Å². The van der Waals surface area contributed by atoms with Crippen molar-refractivity contribution in [1.29, 1.82) is 0 Å². The maximum Gasteiger partial charge on any atom is 0.107 e. The second-order valence-electron chi connectivity index (χ2n) is 2.04. The molecule has 0 fully saturated rings. The van der Waals surface area contributed by atoms with Gasteiger partial charge in [-0.15, -0.1) is 0 Å². The zero-order valence-corrected chi connectivity index (χ0v) is 5.41. The van der Waals surface area contributed by atoms with Crippen LogP contribution in [0.1, 0.15) is 6.92 Å². The number of aliphatic hydroxyl groups is 3. The Bertz CT molecular complexity index is 100. The van der Waals surface area contributed by atoms with Gasteiger partial charge in [-0.2, -0.15) is 0 Å². The van der Waals surface area contributed by atoms with Crippen LogP contribution in [0, 0.1) is 0 Å². The molecule has 2 atom stereocenters. The summed E-state index contributed by atoms with van der Waals surface area (Å²) >= 11 is 0. The highest BCUT2D eigenvalue weighted by Gasteiger charge is 2.14. The minimum absolute atomic E-state index is 0.436. The summed E-state index contributed by atoms with van der Waals surface area (Å²) in [6.07, 6.45) is -2.10. The zero-order valence-electron chi connectivity index (χ0n) is 5.41. The topological polar surface area (TPSA) is 60.7 Å². The molecule has 0 heterocycles. The van der Waals surface area contributed by atoms with Gasteiger partial charge in [0.2, 0.25) is 0 Å². The Balaban J connectivity index is 3.72. The minimum atomic E-state index is -1.09. The highest BCUT2D eigenvalue weighted by atomic mass is 16.4. The lowest BCUT2D eigenvalue weighted by Gasteiger charge is -2.14. The first-order chi connectivity index (χ1) is 4.09. The van der Waals surface area contributed by atoms with Gasteiger partial charge in [0, 0.05) is 0 Å². The predicted molar refractivity (Wildman–Crippen MR) is 33.9 cm³/mol. The maximum atomic E-state index is 8.89. The lowest BCUT2D eigenvalue weighted by molar-refractivity contribution is 0.00438. The van der Waals surface area contributed by atoms with Crippen LogP contribution >= 0.6 is 0 Å². The average molecular weight is 132 g/mol. The Morgan fingerprint density at radius 1 is 1.56 bits per heavy atom. The van der Waals surface area contributed by atoms with Gasteiger partial charge in [-0.1, -0.05) is 6.58 Å². The van der Waals surface area contributed by atoms with Crippen LogP contribution in [0.4, 0.5) is 0 Å². The molecule has 9 heavy (non-hydrogen) atoms. The molecule has 0 aromatic rings. The zero-order chi connectivity index (χ0) is 7.44. The molecule has 0 aliphatic heterocycles. The summed E-state index contributed by atoms with van der Waals surface area (Å²) in [5, 5.41) is 25.9. The third kappa shape index (κ3) is 2.60.